The summed E-state index contributed by atoms with van der Waals surface area (Å²) in [5.74, 6) is 0. The van der Waals surface area contributed by atoms with Crippen molar-refractivity contribution in [3.05, 3.63) is 24.8 Å². The summed E-state index contributed by atoms with van der Waals surface area (Å²) in [6.07, 6.45) is 5.15. The van der Waals surface area contributed by atoms with Gasteiger partial charge in [0.1, 0.15) is 0 Å². The zero-order valence-corrected chi connectivity index (χ0v) is 6.04. The third kappa shape index (κ3) is 8.92. The van der Waals surface area contributed by atoms with Gasteiger partial charge in [-0.1, -0.05) is 6.92 Å². The van der Waals surface area contributed by atoms with Crippen molar-refractivity contribution < 1.29 is 20.1 Å². The minimum atomic E-state index is 0. The van der Waals surface area contributed by atoms with Crippen LogP contribution in [0.3, 0.4) is 0 Å². The molecular formula is C5H7Ir+2. The Hall–Kier alpha value is 0.129. The van der Waals surface area contributed by atoms with Crippen molar-refractivity contribution in [3.8, 4) is 0 Å². The Balaban J connectivity index is 0. The molecule has 0 bridgehead atoms. The van der Waals surface area contributed by atoms with E-state index in [0.29, 0.717) is 0 Å². The van der Waals surface area contributed by atoms with Crippen LogP contribution in [0.4, 0.5) is 0 Å². The second-order valence-corrected chi connectivity index (χ2v) is 0.718. The first kappa shape index (κ1) is 9.46. The molecular weight excluding hydrogens is 252 g/mol. The van der Waals surface area contributed by atoms with Crippen molar-refractivity contribution in [2.45, 2.75) is 6.92 Å². The van der Waals surface area contributed by atoms with Crippen LogP contribution >= 0.6 is 0 Å². The average Bonchev–Trinajstić information content (AvgIpc) is 1.41. The summed E-state index contributed by atoms with van der Waals surface area (Å²) in [5, 5.41) is 0. The largest absolute Gasteiger partial charge is 3.00 e. The van der Waals surface area contributed by atoms with Gasteiger partial charge in [0.2, 0.25) is 0 Å². The van der Waals surface area contributed by atoms with Crippen LogP contribution in [0.15, 0.2) is 18.2 Å². The molecule has 0 nitrogen and oxygen atoms in total. The zero-order valence-electron chi connectivity index (χ0n) is 3.64. The first-order chi connectivity index (χ1) is 2.41. The molecule has 0 unspecified atom stereocenters. The maximum Gasteiger partial charge on any atom is 3.00 e. The van der Waals surface area contributed by atoms with Crippen molar-refractivity contribution in [2.24, 2.45) is 0 Å². The van der Waals surface area contributed by atoms with Gasteiger partial charge in [-0.05, 0) is 0 Å². The first-order valence-electron chi connectivity index (χ1n) is 1.58. The molecule has 0 spiro atoms. The smallest absolute Gasteiger partial charge is 0.293 e. The summed E-state index contributed by atoms with van der Waals surface area (Å²) in [6, 6.07) is 0. The molecule has 0 saturated heterocycles. The number of hydrogen-bond donors (Lipinski definition) is 0. The van der Waals surface area contributed by atoms with Gasteiger partial charge in [0.25, 0.3) is 0 Å². The molecule has 6 heavy (non-hydrogen) atoms. The fraction of sp³-hybridized carbons (Fsp3) is 0.200. The zero-order chi connectivity index (χ0) is 4.12. The average molecular weight is 259 g/mol. The standard InChI is InChI=1S/C5H7.Ir/c1-3-5-4-2;/h1,3-5H,2H3;/q-1;+3. The minimum Gasteiger partial charge on any atom is -0.293 e. The maximum atomic E-state index is 4.93. The van der Waals surface area contributed by atoms with Crippen LogP contribution in [0, 0.1) is 6.58 Å². The Morgan fingerprint density at radius 3 is 2.00 bits per heavy atom. The van der Waals surface area contributed by atoms with E-state index in [-0.39, 0.29) is 20.1 Å². The fourth-order valence-electron chi connectivity index (χ4n) is 0.111. The Labute approximate surface area is 52.3 Å². The number of rotatable bonds is 1. The van der Waals surface area contributed by atoms with Crippen LogP contribution in [-0.4, -0.2) is 0 Å². The molecule has 0 aliphatic carbocycles. The molecule has 0 saturated carbocycles. The topological polar surface area (TPSA) is 0 Å². The molecule has 0 aliphatic heterocycles. The summed E-state index contributed by atoms with van der Waals surface area (Å²) in [5.41, 5.74) is 0. The van der Waals surface area contributed by atoms with Gasteiger partial charge in [-0.15, -0.1) is 0 Å². The van der Waals surface area contributed by atoms with Gasteiger partial charge in [-0.25, -0.2) is 12.2 Å². The van der Waals surface area contributed by atoms with Gasteiger partial charge in [0.05, 0.1) is 0 Å². The minimum absolute atomic E-state index is 0. The third-order valence-corrected chi connectivity index (χ3v) is 0.304. The number of hydrogen-bond acceptors (Lipinski definition) is 0. The van der Waals surface area contributed by atoms with Crippen molar-refractivity contribution in [1.82, 2.24) is 0 Å². The van der Waals surface area contributed by atoms with Gasteiger partial charge in [0.15, 0.2) is 0 Å². The van der Waals surface area contributed by atoms with Gasteiger partial charge in [-0.3, -0.25) is 6.58 Å². The van der Waals surface area contributed by atoms with Crippen LogP contribution in [-0.2, 0) is 20.1 Å². The predicted octanol–water partition coefficient (Wildman–Crippen LogP) is 1.55. The van der Waals surface area contributed by atoms with Crippen LogP contribution in [0.25, 0.3) is 0 Å². The van der Waals surface area contributed by atoms with Crippen molar-refractivity contribution in [2.75, 3.05) is 0 Å². The van der Waals surface area contributed by atoms with Crippen molar-refractivity contribution in [1.29, 1.82) is 0 Å². The van der Waals surface area contributed by atoms with Crippen molar-refractivity contribution >= 4 is 0 Å². The van der Waals surface area contributed by atoms with E-state index in [9.17, 15) is 0 Å². The van der Waals surface area contributed by atoms with E-state index in [0.717, 1.165) is 0 Å². The Kier molecular flexibility index (Phi) is 14.1. The molecule has 0 amide bonds. The van der Waals surface area contributed by atoms with Gasteiger partial charge < -0.3 is 0 Å². The van der Waals surface area contributed by atoms with Crippen LogP contribution in [0.2, 0.25) is 0 Å². The number of allylic oxidation sites excluding steroid dienone is 3. The summed E-state index contributed by atoms with van der Waals surface area (Å²) in [6.45, 7) is 6.85. The molecule has 34 valence electrons. The van der Waals surface area contributed by atoms with Crippen LogP contribution < -0.4 is 0 Å². The third-order valence-electron chi connectivity index (χ3n) is 0.304. The SMILES string of the molecule is [CH-]=CC=CC.[Ir+3]. The van der Waals surface area contributed by atoms with Gasteiger partial charge in [-0.2, -0.15) is 6.08 Å². The van der Waals surface area contributed by atoms with E-state index in [1.165, 1.54) is 6.08 Å². The molecule has 0 fully saturated rings. The van der Waals surface area contributed by atoms with Crippen LogP contribution in [0.1, 0.15) is 6.92 Å². The molecule has 0 aromatic rings. The van der Waals surface area contributed by atoms with Gasteiger partial charge >= 0.3 is 20.1 Å². The molecule has 0 heterocycles. The van der Waals surface area contributed by atoms with Crippen molar-refractivity contribution in [3.63, 3.8) is 0 Å². The normalized spacial score (nSPS) is 7.50. The van der Waals surface area contributed by atoms with Crippen LogP contribution in [0.5, 0.6) is 0 Å². The predicted molar refractivity (Wildman–Crippen MR) is 23.7 cm³/mol. The first-order valence-corrected chi connectivity index (χ1v) is 1.58. The molecule has 0 aromatic carbocycles. The maximum absolute atomic E-state index is 4.93. The molecule has 0 aliphatic rings. The van der Waals surface area contributed by atoms with E-state index in [4.69, 9.17) is 6.58 Å². The molecule has 0 atom stereocenters. The second kappa shape index (κ2) is 8.93. The monoisotopic (exact) mass is 260 g/mol. The summed E-state index contributed by atoms with van der Waals surface area (Å²) < 4.78 is 0. The molecule has 0 N–H and O–H groups in total. The summed E-state index contributed by atoms with van der Waals surface area (Å²) in [4.78, 5) is 0. The second-order valence-electron chi connectivity index (χ2n) is 0.718. The molecule has 1 heteroatoms. The van der Waals surface area contributed by atoms with E-state index >= 15 is 0 Å². The fourth-order valence-corrected chi connectivity index (χ4v) is 0.111. The molecule has 0 radical (unpaired) electrons. The Morgan fingerprint density at radius 1 is 1.50 bits per heavy atom. The quantitative estimate of drug-likeness (QED) is 0.495. The molecule has 0 rings (SSSR count). The molecule has 0 aromatic heterocycles. The van der Waals surface area contributed by atoms with E-state index < -0.39 is 0 Å². The van der Waals surface area contributed by atoms with E-state index in [1.807, 2.05) is 13.0 Å². The van der Waals surface area contributed by atoms with E-state index in [1.54, 1.807) is 6.08 Å². The van der Waals surface area contributed by atoms with Gasteiger partial charge in [0, 0.05) is 0 Å². The summed E-state index contributed by atoms with van der Waals surface area (Å²) in [7, 11) is 0. The Bertz CT molecular complexity index is 45.9. The summed E-state index contributed by atoms with van der Waals surface area (Å²) >= 11 is 0. The Morgan fingerprint density at radius 2 is 2.00 bits per heavy atom. The van der Waals surface area contributed by atoms with E-state index in [2.05, 4.69) is 0 Å².